The van der Waals surface area contributed by atoms with E-state index in [2.05, 4.69) is 0 Å². The van der Waals surface area contributed by atoms with Gasteiger partial charge in [0.2, 0.25) is 3.79 Å². The van der Waals surface area contributed by atoms with Gasteiger partial charge in [0, 0.05) is 6.26 Å². The van der Waals surface area contributed by atoms with Crippen LogP contribution in [0.3, 0.4) is 0 Å². The van der Waals surface area contributed by atoms with Crippen molar-refractivity contribution in [2.45, 2.75) is 21.9 Å². The molecule has 0 N–H and O–H groups in total. The standard InChI is InChI=1S/C6H9Cl3O2S/c1-12(10,11)5(4-2-3-4)6(7,8)9/h4-5H,2-3H2,1H3. The summed E-state index contributed by atoms with van der Waals surface area (Å²) in [6.45, 7) is 0. The fourth-order valence-electron chi connectivity index (χ4n) is 1.26. The first kappa shape index (κ1) is 10.9. The maximum Gasteiger partial charge on any atom is 0.207 e. The molecule has 0 aromatic rings. The number of hydrogen-bond donors (Lipinski definition) is 0. The molecule has 2 nitrogen and oxygen atoms in total. The Bertz CT molecular complexity index is 263. The number of alkyl halides is 3. The van der Waals surface area contributed by atoms with Crippen molar-refractivity contribution in [1.29, 1.82) is 0 Å². The van der Waals surface area contributed by atoms with E-state index in [4.69, 9.17) is 34.8 Å². The van der Waals surface area contributed by atoms with E-state index in [0.29, 0.717) is 0 Å². The quantitative estimate of drug-likeness (QED) is 0.705. The Morgan fingerprint density at radius 3 is 1.83 bits per heavy atom. The summed E-state index contributed by atoms with van der Waals surface area (Å²) in [5.41, 5.74) is 0. The Kier molecular flexibility index (Phi) is 2.90. The van der Waals surface area contributed by atoms with Gasteiger partial charge in [-0.1, -0.05) is 34.8 Å². The molecule has 1 aliphatic carbocycles. The minimum Gasteiger partial charge on any atom is -0.229 e. The lowest BCUT2D eigenvalue weighted by molar-refractivity contribution is 0.574. The smallest absolute Gasteiger partial charge is 0.207 e. The Morgan fingerprint density at radius 1 is 1.33 bits per heavy atom. The van der Waals surface area contributed by atoms with Crippen LogP contribution in [0.4, 0.5) is 0 Å². The van der Waals surface area contributed by atoms with Gasteiger partial charge in [-0.25, -0.2) is 8.42 Å². The zero-order valence-corrected chi connectivity index (χ0v) is 9.51. The lowest BCUT2D eigenvalue weighted by Gasteiger charge is -2.21. The van der Waals surface area contributed by atoms with Crippen molar-refractivity contribution < 1.29 is 8.42 Å². The Morgan fingerprint density at radius 2 is 1.75 bits per heavy atom. The molecule has 0 bridgehead atoms. The molecule has 72 valence electrons. The molecule has 0 amide bonds. The maximum absolute atomic E-state index is 11.2. The summed E-state index contributed by atoms with van der Waals surface area (Å²) in [6.07, 6.45) is 2.79. The first-order valence-corrected chi connectivity index (χ1v) is 6.57. The highest BCUT2D eigenvalue weighted by Gasteiger charge is 2.49. The van der Waals surface area contributed by atoms with E-state index in [0.717, 1.165) is 19.1 Å². The fourth-order valence-corrected chi connectivity index (χ4v) is 4.71. The molecule has 0 saturated heterocycles. The van der Waals surface area contributed by atoms with Gasteiger partial charge in [-0.05, 0) is 18.8 Å². The molecule has 0 aromatic heterocycles. The zero-order chi connectivity index (χ0) is 9.57. The second-order valence-electron chi connectivity index (χ2n) is 3.13. The average Bonchev–Trinajstić information content (AvgIpc) is 2.38. The van der Waals surface area contributed by atoms with Crippen molar-refractivity contribution in [2.24, 2.45) is 5.92 Å². The van der Waals surface area contributed by atoms with Gasteiger partial charge in [0.1, 0.15) is 5.25 Å². The number of rotatable bonds is 2. The van der Waals surface area contributed by atoms with E-state index in [9.17, 15) is 8.42 Å². The average molecular weight is 252 g/mol. The van der Waals surface area contributed by atoms with Crippen molar-refractivity contribution in [3.63, 3.8) is 0 Å². The van der Waals surface area contributed by atoms with Crippen LogP contribution < -0.4 is 0 Å². The summed E-state index contributed by atoms with van der Waals surface area (Å²) in [4.78, 5) is 0. The van der Waals surface area contributed by atoms with E-state index in [1.54, 1.807) is 0 Å². The summed E-state index contributed by atoms with van der Waals surface area (Å²) in [6, 6.07) is 0. The van der Waals surface area contributed by atoms with Crippen LogP contribution in [0.2, 0.25) is 0 Å². The van der Waals surface area contributed by atoms with Crippen molar-refractivity contribution in [3.8, 4) is 0 Å². The molecule has 1 atom stereocenters. The van der Waals surface area contributed by atoms with E-state index in [-0.39, 0.29) is 5.92 Å². The van der Waals surface area contributed by atoms with Crippen LogP contribution >= 0.6 is 34.8 Å². The summed E-state index contributed by atoms with van der Waals surface area (Å²) < 4.78 is 20.7. The third-order valence-corrected chi connectivity index (χ3v) is 4.59. The minimum atomic E-state index is -3.26. The zero-order valence-electron chi connectivity index (χ0n) is 6.43. The second-order valence-corrected chi connectivity index (χ2v) is 7.67. The number of sulfone groups is 1. The first-order chi connectivity index (χ1) is 5.23. The normalized spacial score (nSPS) is 22.3. The van der Waals surface area contributed by atoms with Crippen LogP contribution in [0.25, 0.3) is 0 Å². The van der Waals surface area contributed by atoms with Crippen LogP contribution in [0.5, 0.6) is 0 Å². The van der Waals surface area contributed by atoms with Crippen molar-refractivity contribution in [2.75, 3.05) is 6.26 Å². The molecule has 1 rings (SSSR count). The van der Waals surface area contributed by atoms with Crippen LogP contribution in [-0.4, -0.2) is 23.7 Å². The molecular weight excluding hydrogens is 242 g/mol. The van der Waals surface area contributed by atoms with Gasteiger partial charge in [0.15, 0.2) is 9.84 Å². The molecular formula is C6H9Cl3O2S. The van der Waals surface area contributed by atoms with Crippen LogP contribution in [-0.2, 0) is 9.84 Å². The lowest BCUT2D eigenvalue weighted by Crippen LogP contribution is -2.35. The van der Waals surface area contributed by atoms with Gasteiger partial charge < -0.3 is 0 Å². The first-order valence-electron chi connectivity index (χ1n) is 3.48. The van der Waals surface area contributed by atoms with Gasteiger partial charge in [0.25, 0.3) is 0 Å². The Hall–Kier alpha value is 0.820. The molecule has 6 heteroatoms. The molecule has 0 aromatic carbocycles. The van der Waals surface area contributed by atoms with Gasteiger partial charge in [-0.2, -0.15) is 0 Å². The number of halogens is 3. The molecule has 1 saturated carbocycles. The largest absolute Gasteiger partial charge is 0.229 e. The molecule has 0 spiro atoms. The van der Waals surface area contributed by atoms with Crippen LogP contribution in [0.15, 0.2) is 0 Å². The van der Waals surface area contributed by atoms with Gasteiger partial charge in [-0.3, -0.25) is 0 Å². The minimum absolute atomic E-state index is 0.0347. The molecule has 1 unspecified atom stereocenters. The van der Waals surface area contributed by atoms with Crippen LogP contribution in [0, 0.1) is 5.92 Å². The molecule has 12 heavy (non-hydrogen) atoms. The summed E-state index contributed by atoms with van der Waals surface area (Å²) >= 11 is 16.7. The maximum atomic E-state index is 11.2. The highest BCUT2D eigenvalue weighted by molar-refractivity contribution is 7.91. The Balaban J connectivity index is 2.90. The topological polar surface area (TPSA) is 34.1 Å². The molecule has 0 radical (unpaired) electrons. The molecule has 1 aliphatic rings. The second kappa shape index (κ2) is 3.19. The monoisotopic (exact) mass is 250 g/mol. The fraction of sp³-hybridized carbons (Fsp3) is 1.00. The Labute approximate surface area is 87.1 Å². The van der Waals surface area contributed by atoms with Crippen molar-refractivity contribution in [3.05, 3.63) is 0 Å². The summed E-state index contributed by atoms with van der Waals surface area (Å²) in [5, 5.41) is -0.838. The van der Waals surface area contributed by atoms with Gasteiger partial charge in [0.05, 0.1) is 0 Å². The van der Waals surface area contributed by atoms with E-state index >= 15 is 0 Å². The van der Waals surface area contributed by atoms with Gasteiger partial charge >= 0.3 is 0 Å². The lowest BCUT2D eigenvalue weighted by atomic mass is 10.3. The summed E-state index contributed by atoms with van der Waals surface area (Å²) in [5.74, 6) is 0.0347. The SMILES string of the molecule is CS(=O)(=O)C(C1CC1)C(Cl)(Cl)Cl. The number of hydrogen-bond acceptors (Lipinski definition) is 2. The summed E-state index contributed by atoms with van der Waals surface area (Å²) in [7, 11) is -3.26. The highest BCUT2D eigenvalue weighted by Crippen LogP contribution is 2.47. The predicted octanol–water partition coefficient (Wildman–Crippen LogP) is 2.18. The van der Waals surface area contributed by atoms with Crippen molar-refractivity contribution in [1.82, 2.24) is 0 Å². The van der Waals surface area contributed by atoms with E-state index in [1.165, 1.54) is 0 Å². The third-order valence-electron chi connectivity index (χ3n) is 1.83. The molecule has 0 aliphatic heterocycles. The highest BCUT2D eigenvalue weighted by atomic mass is 35.6. The van der Waals surface area contributed by atoms with E-state index in [1.807, 2.05) is 0 Å². The van der Waals surface area contributed by atoms with Gasteiger partial charge in [-0.15, -0.1) is 0 Å². The molecule has 0 heterocycles. The van der Waals surface area contributed by atoms with Crippen LogP contribution in [0.1, 0.15) is 12.8 Å². The predicted molar refractivity (Wildman–Crippen MR) is 51.6 cm³/mol. The molecule has 1 fully saturated rings. The van der Waals surface area contributed by atoms with E-state index < -0.39 is 18.9 Å². The van der Waals surface area contributed by atoms with Crippen molar-refractivity contribution >= 4 is 44.6 Å². The third kappa shape index (κ3) is 2.66.